The van der Waals surface area contributed by atoms with Crippen LogP contribution in [0.5, 0.6) is 0 Å². The summed E-state index contributed by atoms with van der Waals surface area (Å²) in [4.78, 5) is 0. The highest BCUT2D eigenvalue weighted by Crippen LogP contribution is 2.20. The maximum Gasteiger partial charge on any atom is 0.0660 e. The van der Waals surface area contributed by atoms with Gasteiger partial charge in [-0.2, -0.15) is 5.10 Å². The fraction of sp³-hybridized carbons (Fsp3) is 0.400. The quantitative estimate of drug-likeness (QED) is 0.879. The highest BCUT2D eigenvalue weighted by Gasteiger charge is 2.11. The Morgan fingerprint density at radius 3 is 2.84 bits per heavy atom. The molecule has 0 amide bonds. The lowest BCUT2D eigenvalue weighted by atomic mass is 10.1. The van der Waals surface area contributed by atoms with E-state index in [1.54, 1.807) is 0 Å². The molecular weight excluding hydrogens is 302 g/mol. The Hall–Kier alpha value is -1.13. The fourth-order valence-electron chi connectivity index (χ4n) is 2.15. The van der Waals surface area contributed by atoms with Gasteiger partial charge in [0.2, 0.25) is 0 Å². The van der Waals surface area contributed by atoms with Crippen molar-refractivity contribution >= 4 is 15.9 Å². The van der Waals surface area contributed by atoms with E-state index in [4.69, 9.17) is 0 Å². The molecule has 0 atom stereocenters. The van der Waals surface area contributed by atoms with Gasteiger partial charge < -0.3 is 5.32 Å². The Morgan fingerprint density at radius 2 is 2.16 bits per heavy atom. The number of hydrogen-bond donors (Lipinski definition) is 1. The lowest BCUT2D eigenvalue weighted by Crippen LogP contribution is -2.13. The molecule has 0 saturated heterocycles. The molecule has 0 aliphatic rings. The van der Waals surface area contributed by atoms with Crippen LogP contribution in [0.15, 0.2) is 34.9 Å². The fourth-order valence-corrected chi connectivity index (χ4v) is 2.54. The van der Waals surface area contributed by atoms with Crippen molar-refractivity contribution in [3.05, 3.63) is 46.2 Å². The average Bonchev–Trinajstić information content (AvgIpc) is 2.80. The van der Waals surface area contributed by atoms with Gasteiger partial charge in [0.25, 0.3) is 0 Å². The highest BCUT2D eigenvalue weighted by atomic mass is 79.9. The third kappa shape index (κ3) is 3.45. The molecule has 1 N–H and O–H groups in total. The molecule has 2 rings (SSSR count). The Bertz CT molecular complexity index is 534. The monoisotopic (exact) mass is 321 g/mol. The van der Waals surface area contributed by atoms with Crippen molar-refractivity contribution in [2.24, 2.45) is 0 Å². The van der Waals surface area contributed by atoms with E-state index in [0.717, 1.165) is 36.1 Å². The van der Waals surface area contributed by atoms with Gasteiger partial charge >= 0.3 is 0 Å². The second-order valence-electron chi connectivity index (χ2n) is 4.54. The predicted molar refractivity (Wildman–Crippen MR) is 82.6 cm³/mol. The van der Waals surface area contributed by atoms with E-state index in [0.29, 0.717) is 0 Å². The minimum atomic E-state index is 0.889. The SMILES string of the molecule is CCCc1c(CNCC)cnn1-c1cccc(Br)c1. The van der Waals surface area contributed by atoms with Crippen LogP contribution in [0.4, 0.5) is 0 Å². The number of halogens is 1. The summed E-state index contributed by atoms with van der Waals surface area (Å²) in [6.07, 6.45) is 4.15. The van der Waals surface area contributed by atoms with Crippen molar-refractivity contribution in [1.29, 1.82) is 0 Å². The van der Waals surface area contributed by atoms with Gasteiger partial charge in [-0.15, -0.1) is 0 Å². The second-order valence-corrected chi connectivity index (χ2v) is 5.45. The molecule has 0 aliphatic carbocycles. The number of rotatable bonds is 6. The molecule has 4 heteroatoms. The van der Waals surface area contributed by atoms with E-state index in [9.17, 15) is 0 Å². The molecule has 1 heterocycles. The molecule has 3 nitrogen and oxygen atoms in total. The molecular formula is C15H20BrN3. The lowest BCUT2D eigenvalue weighted by molar-refractivity contribution is 0.707. The van der Waals surface area contributed by atoms with E-state index >= 15 is 0 Å². The predicted octanol–water partition coefficient (Wildman–Crippen LogP) is 3.70. The van der Waals surface area contributed by atoms with Crippen LogP contribution in [-0.4, -0.2) is 16.3 Å². The molecule has 0 radical (unpaired) electrons. The molecule has 1 aromatic carbocycles. The summed E-state index contributed by atoms with van der Waals surface area (Å²) in [5.74, 6) is 0. The first-order valence-electron chi connectivity index (χ1n) is 6.78. The van der Waals surface area contributed by atoms with Gasteiger partial charge in [-0.25, -0.2) is 4.68 Å². The van der Waals surface area contributed by atoms with Crippen molar-refractivity contribution in [1.82, 2.24) is 15.1 Å². The van der Waals surface area contributed by atoms with E-state index in [2.05, 4.69) is 57.0 Å². The van der Waals surface area contributed by atoms with Crippen molar-refractivity contribution in [2.75, 3.05) is 6.54 Å². The smallest absolute Gasteiger partial charge is 0.0660 e. The molecule has 102 valence electrons. The van der Waals surface area contributed by atoms with Gasteiger partial charge in [-0.3, -0.25) is 0 Å². The second kappa shape index (κ2) is 6.87. The zero-order chi connectivity index (χ0) is 13.7. The zero-order valence-electron chi connectivity index (χ0n) is 11.5. The van der Waals surface area contributed by atoms with Crippen LogP contribution in [0, 0.1) is 0 Å². The van der Waals surface area contributed by atoms with Gasteiger partial charge in [0.15, 0.2) is 0 Å². The molecule has 19 heavy (non-hydrogen) atoms. The lowest BCUT2D eigenvalue weighted by Gasteiger charge is -2.09. The van der Waals surface area contributed by atoms with Crippen LogP contribution < -0.4 is 5.32 Å². The summed E-state index contributed by atoms with van der Waals surface area (Å²) in [6.45, 7) is 6.20. The molecule has 0 saturated carbocycles. The van der Waals surface area contributed by atoms with Crippen molar-refractivity contribution in [3.63, 3.8) is 0 Å². The summed E-state index contributed by atoms with van der Waals surface area (Å²) in [5, 5.41) is 7.93. The van der Waals surface area contributed by atoms with Crippen LogP contribution in [-0.2, 0) is 13.0 Å². The minimum Gasteiger partial charge on any atom is -0.313 e. The van der Waals surface area contributed by atoms with Crippen LogP contribution >= 0.6 is 15.9 Å². The first kappa shape index (κ1) is 14.3. The molecule has 1 aromatic heterocycles. The van der Waals surface area contributed by atoms with Crippen molar-refractivity contribution in [3.8, 4) is 5.69 Å². The molecule has 0 unspecified atom stereocenters. The van der Waals surface area contributed by atoms with Gasteiger partial charge in [0.05, 0.1) is 11.9 Å². The largest absolute Gasteiger partial charge is 0.313 e. The summed E-state index contributed by atoms with van der Waals surface area (Å²) < 4.78 is 3.14. The maximum atomic E-state index is 4.55. The van der Waals surface area contributed by atoms with Gasteiger partial charge in [-0.1, -0.05) is 42.3 Å². The third-order valence-corrected chi connectivity index (χ3v) is 3.55. The Labute approximate surface area is 123 Å². The Kier molecular flexibility index (Phi) is 5.16. The van der Waals surface area contributed by atoms with Crippen molar-refractivity contribution < 1.29 is 0 Å². The third-order valence-electron chi connectivity index (χ3n) is 3.06. The van der Waals surface area contributed by atoms with Crippen molar-refractivity contribution in [2.45, 2.75) is 33.2 Å². The molecule has 0 aliphatic heterocycles. The van der Waals surface area contributed by atoms with E-state index in [1.807, 2.05) is 18.3 Å². The first-order valence-corrected chi connectivity index (χ1v) is 7.58. The summed E-state index contributed by atoms with van der Waals surface area (Å²) in [5.41, 5.74) is 3.71. The molecule has 0 spiro atoms. The minimum absolute atomic E-state index is 0.889. The maximum absolute atomic E-state index is 4.55. The summed E-state index contributed by atoms with van der Waals surface area (Å²) in [7, 11) is 0. The number of nitrogens with one attached hydrogen (secondary N) is 1. The molecule has 0 bridgehead atoms. The van der Waals surface area contributed by atoms with Crippen LogP contribution in [0.25, 0.3) is 5.69 Å². The topological polar surface area (TPSA) is 29.9 Å². The number of aromatic nitrogens is 2. The Balaban J connectivity index is 2.36. The summed E-state index contributed by atoms with van der Waals surface area (Å²) >= 11 is 3.52. The Morgan fingerprint density at radius 1 is 1.32 bits per heavy atom. The van der Waals surface area contributed by atoms with Crippen LogP contribution in [0.3, 0.4) is 0 Å². The zero-order valence-corrected chi connectivity index (χ0v) is 13.1. The van der Waals surface area contributed by atoms with Crippen LogP contribution in [0.1, 0.15) is 31.5 Å². The van der Waals surface area contributed by atoms with E-state index in [-0.39, 0.29) is 0 Å². The highest BCUT2D eigenvalue weighted by molar-refractivity contribution is 9.10. The van der Waals surface area contributed by atoms with Gasteiger partial charge in [0, 0.05) is 22.3 Å². The number of nitrogens with zero attached hydrogens (tertiary/aromatic N) is 2. The number of benzene rings is 1. The summed E-state index contributed by atoms with van der Waals surface area (Å²) in [6, 6.07) is 8.27. The van der Waals surface area contributed by atoms with E-state index in [1.165, 1.54) is 11.3 Å². The average molecular weight is 322 g/mol. The standard InChI is InChI=1S/C15H20BrN3/c1-3-6-15-12(10-17-4-2)11-18-19(15)14-8-5-7-13(16)9-14/h5,7-9,11,17H,3-4,6,10H2,1-2H3. The molecule has 0 fully saturated rings. The first-order chi connectivity index (χ1) is 9.26. The normalized spacial score (nSPS) is 10.9. The number of hydrogen-bond acceptors (Lipinski definition) is 2. The molecule has 2 aromatic rings. The van der Waals surface area contributed by atoms with Gasteiger partial charge in [0.1, 0.15) is 0 Å². The van der Waals surface area contributed by atoms with Crippen LogP contribution in [0.2, 0.25) is 0 Å². The van der Waals surface area contributed by atoms with E-state index < -0.39 is 0 Å². The van der Waals surface area contributed by atoms with Gasteiger partial charge in [-0.05, 0) is 31.2 Å².